The number of nitrogens with one attached hydrogen (secondary N) is 3. The van der Waals surface area contributed by atoms with Gasteiger partial charge in [-0.25, -0.2) is 0 Å². The van der Waals surface area contributed by atoms with Crippen LogP contribution in [0.3, 0.4) is 0 Å². The van der Waals surface area contributed by atoms with Gasteiger partial charge in [0.15, 0.2) is 5.96 Å². The van der Waals surface area contributed by atoms with Crippen LogP contribution in [0, 0.1) is 0 Å². The van der Waals surface area contributed by atoms with Crippen molar-refractivity contribution in [1.82, 2.24) is 16.0 Å². The standard InChI is InChI=1S/C18H28N4O2/c1-5-12-24-16-9-7-6-8-15(16)13-21-18(19-4)20-11-10-17(23)22-14(2)3/h5-9,14H,1,10-13H2,2-4H3,(H,22,23)(H2,19,20,21). The topological polar surface area (TPSA) is 74.8 Å². The molecule has 0 saturated heterocycles. The van der Waals surface area contributed by atoms with Crippen LogP contribution in [0.5, 0.6) is 5.75 Å². The fraction of sp³-hybridized carbons (Fsp3) is 0.444. The molecular weight excluding hydrogens is 304 g/mol. The Labute approximate surface area is 144 Å². The third kappa shape index (κ3) is 7.67. The summed E-state index contributed by atoms with van der Waals surface area (Å²) in [5.74, 6) is 1.48. The molecule has 6 heteroatoms. The summed E-state index contributed by atoms with van der Waals surface area (Å²) in [5, 5.41) is 9.20. The zero-order valence-corrected chi connectivity index (χ0v) is 14.8. The minimum absolute atomic E-state index is 0.0242. The molecule has 0 bridgehead atoms. The number of ether oxygens (including phenoxy) is 1. The quantitative estimate of drug-likeness (QED) is 0.366. The average Bonchev–Trinajstić information content (AvgIpc) is 2.56. The Morgan fingerprint density at radius 2 is 2.08 bits per heavy atom. The predicted molar refractivity (Wildman–Crippen MR) is 98.2 cm³/mol. The van der Waals surface area contributed by atoms with Gasteiger partial charge >= 0.3 is 0 Å². The molecule has 24 heavy (non-hydrogen) atoms. The van der Waals surface area contributed by atoms with E-state index in [0.29, 0.717) is 32.1 Å². The summed E-state index contributed by atoms with van der Waals surface area (Å²) >= 11 is 0. The zero-order valence-electron chi connectivity index (χ0n) is 14.8. The molecular formula is C18H28N4O2. The lowest BCUT2D eigenvalue weighted by Crippen LogP contribution is -2.39. The summed E-state index contributed by atoms with van der Waals surface area (Å²) in [7, 11) is 1.70. The molecule has 132 valence electrons. The SMILES string of the molecule is C=CCOc1ccccc1CNC(=NC)NCCC(=O)NC(C)C. The first-order chi connectivity index (χ1) is 11.6. The molecule has 0 radical (unpaired) electrons. The van der Waals surface area contributed by atoms with E-state index in [9.17, 15) is 4.79 Å². The van der Waals surface area contributed by atoms with Crippen LogP contribution in [-0.2, 0) is 11.3 Å². The molecule has 0 aliphatic heterocycles. The van der Waals surface area contributed by atoms with E-state index < -0.39 is 0 Å². The maximum atomic E-state index is 11.6. The number of carbonyl (C=O) groups is 1. The van der Waals surface area contributed by atoms with Gasteiger partial charge in [-0.05, 0) is 19.9 Å². The van der Waals surface area contributed by atoms with Crippen LogP contribution in [0.4, 0.5) is 0 Å². The molecule has 0 aromatic heterocycles. The van der Waals surface area contributed by atoms with Crippen molar-refractivity contribution in [3.63, 3.8) is 0 Å². The van der Waals surface area contributed by atoms with Crippen molar-refractivity contribution < 1.29 is 9.53 Å². The largest absolute Gasteiger partial charge is 0.489 e. The van der Waals surface area contributed by atoms with E-state index in [1.807, 2.05) is 38.1 Å². The monoisotopic (exact) mass is 332 g/mol. The number of aliphatic imine (C=N–C) groups is 1. The minimum atomic E-state index is 0.0242. The Morgan fingerprint density at radius 1 is 1.33 bits per heavy atom. The van der Waals surface area contributed by atoms with Gasteiger partial charge in [-0.1, -0.05) is 30.9 Å². The second-order valence-electron chi connectivity index (χ2n) is 5.53. The van der Waals surface area contributed by atoms with Crippen LogP contribution in [-0.4, -0.2) is 38.1 Å². The van der Waals surface area contributed by atoms with Crippen molar-refractivity contribution in [2.45, 2.75) is 32.9 Å². The predicted octanol–water partition coefficient (Wildman–Crippen LogP) is 1.83. The molecule has 3 N–H and O–H groups in total. The second kappa shape index (κ2) is 11.1. The Morgan fingerprint density at radius 3 is 2.75 bits per heavy atom. The number of hydrogen-bond donors (Lipinski definition) is 3. The van der Waals surface area contributed by atoms with Gasteiger partial charge in [0.05, 0.1) is 0 Å². The third-order valence-corrected chi connectivity index (χ3v) is 3.09. The van der Waals surface area contributed by atoms with Crippen LogP contribution >= 0.6 is 0 Å². The number of carbonyl (C=O) groups excluding carboxylic acids is 1. The van der Waals surface area contributed by atoms with Gasteiger partial charge in [0, 0.05) is 38.2 Å². The van der Waals surface area contributed by atoms with Crippen LogP contribution in [0.1, 0.15) is 25.8 Å². The highest BCUT2D eigenvalue weighted by atomic mass is 16.5. The maximum Gasteiger partial charge on any atom is 0.221 e. The fourth-order valence-electron chi connectivity index (χ4n) is 2.03. The first-order valence-electron chi connectivity index (χ1n) is 8.12. The van der Waals surface area contributed by atoms with E-state index in [4.69, 9.17) is 4.74 Å². The van der Waals surface area contributed by atoms with E-state index in [1.54, 1.807) is 13.1 Å². The van der Waals surface area contributed by atoms with E-state index in [-0.39, 0.29) is 11.9 Å². The number of rotatable bonds is 9. The van der Waals surface area contributed by atoms with Crippen LogP contribution in [0.25, 0.3) is 0 Å². The maximum absolute atomic E-state index is 11.6. The number of benzene rings is 1. The zero-order chi connectivity index (χ0) is 17.8. The van der Waals surface area contributed by atoms with Crippen LogP contribution < -0.4 is 20.7 Å². The Hall–Kier alpha value is -2.50. The number of hydrogen-bond acceptors (Lipinski definition) is 3. The van der Waals surface area contributed by atoms with Gasteiger partial charge in [-0.2, -0.15) is 0 Å². The van der Waals surface area contributed by atoms with Crippen molar-refractivity contribution in [1.29, 1.82) is 0 Å². The lowest BCUT2D eigenvalue weighted by atomic mass is 10.2. The Balaban J connectivity index is 2.44. The molecule has 0 aliphatic carbocycles. The molecule has 0 spiro atoms. The average molecular weight is 332 g/mol. The molecule has 0 heterocycles. The Bertz CT molecular complexity index is 556. The third-order valence-electron chi connectivity index (χ3n) is 3.09. The highest BCUT2D eigenvalue weighted by Crippen LogP contribution is 2.17. The molecule has 0 aliphatic rings. The number of amides is 1. The van der Waals surface area contributed by atoms with E-state index in [1.165, 1.54) is 0 Å². The summed E-state index contributed by atoms with van der Waals surface area (Å²) in [6.45, 7) is 9.10. The normalized spacial score (nSPS) is 11.1. The Kier molecular flexibility index (Phi) is 9.04. The van der Waals surface area contributed by atoms with Gasteiger partial charge in [0.2, 0.25) is 5.91 Å². The summed E-state index contributed by atoms with van der Waals surface area (Å²) in [5.41, 5.74) is 1.03. The van der Waals surface area contributed by atoms with Gasteiger partial charge < -0.3 is 20.7 Å². The van der Waals surface area contributed by atoms with Gasteiger partial charge in [0.25, 0.3) is 0 Å². The van der Waals surface area contributed by atoms with E-state index in [2.05, 4.69) is 27.5 Å². The smallest absolute Gasteiger partial charge is 0.221 e. The number of nitrogens with zero attached hydrogens (tertiary/aromatic N) is 1. The van der Waals surface area contributed by atoms with Crippen LogP contribution in [0.2, 0.25) is 0 Å². The first-order valence-corrected chi connectivity index (χ1v) is 8.12. The van der Waals surface area contributed by atoms with E-state index >= 15 is 0 Å². The van der Waals surface area contributed by atoms with Crippen molar-refractivity contribution >= 4 is 11.9 Å². The molecule has 1 aromatic carbocycles. The number of guanidine groups is 1. The lowest BCUT2D eigenvalue weighted by Gasteiger charge is -2.14. The molecule has 0 unspecified atom stereocenters. The molecule has 1 amide bonds. The van der Waals surface area contributed by atoms with Gasteiger partial charge in [-0.15, -0.1) is 0 Å². The molecule has 0 atom stereocenters. The molecule has 0 fully saturated rings. The van der Waals surface area contributed by atoms with E-state index in [0.717, 1.165) is 11.3 Å². The van der Waals surface area contributed by atoms with Crippen molar-refractivity contribution in [3.05, 3.63) is 42.5 Å². The lowest BCUT2D eigenvalue weighted by molar-refractivity contribution is -0.121. The number of para-hydroxylation sites is 1. The molecule has 1 rings (SSSR count). The second-order valence-corrected chi connectivity index (χ2v) is 5.53. The molecule has 0 saturated carbocycles. The molecule has 1 aromatic rings. The van der Waals surface area contributed by atoms with Gasteiger partial charge in [-0.3, -0.25) is 9.79 Å². The summed E-state index contributed by atoms with van der Waals surface area (Å²) in [4.78, 5) is 15.8. The molecule has 6 nitrogen and oxygen atoms in total. The summed E-state index contributed by atoms with van der Waals surface area (Å²) in [6, 6.07) is 7.97. The minimum Gasteiger partial charge on any atom is -0.489 e. The van der Waals surface area contributed by atoms with Crippen molar-refractivity contribution in [3.8, 4) is 5.75 Å². The van der Waals surface area contributed by atoms with Crippen molar-refractivity contribution in [2.75, 3.05) is 20.2 Å². The summed E-state index contributed by atoms with van der Waals surface area (Å²) in [6.07, 6.45) is 2.12. The fourth-order valence-corrected chi connectivity index (χ4v) is 2.03. The highest BCUT2D eigenvalue weighted by Gasteiger charge is 2.06. The summed E-state index contributed by atoms with van der Waals surface area (Å²) < 4.78 is 5.63. The van der Waals surface area contributed by atoms with Crippen LogP contribution in [0.15, 0.2) is 41.9 Å². The first kappa shape index (κ1) is 19.5. The van der Waals surface area contributed by atoms with Gasteiger partial charge in [0.1, 0.15) is 12.4 Å². The highest BCUT2D eigenvalue weighted by molar-refractivity contribution is 5.81. The van der Waals surface area contributed by atoms with Crippen molar-refractivity contribution in [2.24, 2.45) is 4.99 Å².